The van der Waals surface area contributed by atoms with Crippen LogP contribution in [0.5, 0.6) is 17.2 Å². The van der Waals surface area contributed by atoms with E-state index in [0.717, 1.165) is 23.6 Å². The molecule has 0 saturated heterocycles. The van der Waals surface area contributed by atoms with Crippen LogP contribution in [0.2, 0.25) is 0 Å². The van der Waals surface area contributed by atoms with Gasteiger partial charge in [0, 0.05) is 24.7 Å². The van der Waals surface area contributed by atoms with Gasteiger partial charge in [0.05, 0.1) is 7.11 Å². The van der Waals surface area contributed by atoms with Crippen molar-refractivity contribution in [1.29, 1.82) is 0 Å². The van der Waals surface area contributed by atoms with Gasteiger partial charge in [-0.1, -0.05) is 18.2 Å². The summed E-state index contributed by atoms with van der Waals surface area (Å²) in [5, 5.41) is 0. The first-order chi connectivity index (χ1) is 11.7. The summed E-state index contributed by atoms with van der Waals surface area (Å²) in [4.78, 5) is 2.13. The minimum Gasteiger partial charge on any atom is -0.497 e. The van der Waals surface area contributed by atoms with Crippen LogP contribution < -0.4 is 14.2 Å². The van der Waals surface area contributed by atoms with E-state index in [1.165, 1.54) is 13.2 Å². The summed E-state index contributed by atoms with van der Waals surface area (Å²) in [5.41, 5.74) is 1.69. The largest absolute Gasteiger partial charge is 0.497 e. The van der Waals surface area contributed by atoms with Gasteiger partial charge in [-0.25, -0.2) is 4.39 Å². The Hall–Kier alpha value is -2.53. The van der Waals surface area contributed by atoms with Gasteiger partial charge in [-0.05, 0) is 36.9 Å². The third-order valence-corrected chi connectivity index (χ3v) is 3.81. The predicted octanol–water partition coefficient (Wildman–Crippen LogP) is 3.71. The number of halogens is 1. The first kappa shape index (κ1) is 16.3. The third kappa shape index (κ3) is 3.86. The van der Waals surface area contributed by atoms with E-state index < -0.39 is 0 Å². The van der Waals surface area contributed by atoms with Crippen LogP contribution in [0.4, 0.5) is 4.39 Å². The smallest absolute Gasteiger partial charge is 0.231 e. The van der Waals surface area contributed by atoms with Crippen molar-refractivity contribution in [1.82, 2.24) is 4.90 Å². The maximum absolute atomic E-state index is 13.9. The van der Waals surface area contributed by atoms with E-state index in [2.05, 4.69) is 4.90 Å². The Morgan fingerprint density at radius 3 is 2.79 bits per heavy atom. The Kier molecular flexibility index (Phi) is 5.01. The van der Waals surface area contributed by atoms with Crippen LogP contribution in [0.3, 0.4) is 0 Å². The zero-order chi connectivity index (χ0) is 16.9. The highest BCUT2D eigenvalue weighted by atomic mass is 19.1. The van der Waals surface area contributed by atoms with Gasteiger partial charge in [0.25, 0.3) is 0 Å². The van der Waals surface area contributed by atoms with Crippen LogP contribution in [-0.4, -0.2) is 32.4 Å². The van der Waals surface area contributed by atoms with E-state index in [1.807, 2.05) is 31.3 Å². The lowest BCUT2D eigenvalue weighted by Crippen LogP contribution is -2.17. The molecule has 0 aromatic heterocycles. The standard InChI is InChI=1S/C19H20FNO3/c1-21(12-14-5-8-18-19(10-14)24-13-23-18)9-3-4-15-6-7-16(22-2)11-17(15)20/h3-8,10-11H,9,12-13H2,1-2H3/b4-3+. The molecule has 126 valence electrons. The number of rotatable bonds is 6. The zero-order valence-corrected chi connectivity index (χ0v) is 13.8. The fraction of sp³-hybridized carbons (Fsp3) is 0.263. The molecule has 1 aliphatic heterocycles. The number of methoxy groups -OCH3 is 1. The van der Waals surface area contributed by atoms with E-state index >= 15 is 0 Å². The maximum atomic E-state index is 13.9. The van der Waals surface area contributed by atoms with Gasteiger partial charge in [0.2, 0.25) is 6.79 Å². The van der Waals surface area contributed by atoms with E-state index in [1.54, 1.807) is 18.2 Å². The van der Waals surface area contributed by atoms with Gasteiger partial charge in [-0.2, -0.15) is 0 Å². The normalized spacial score (nSPS) is 13.0. The van der Waals surface area contributed by atoms with Crippen molar-refractivity contribution in [2.45, 2.75) is 6.54 Å². The summed E-state index contributed by atoms with van der Waals surface area (Å²) in [7, 11) is 3.54. The van der Waals surface area contributed by atoms with Crippen LogP contribution in [0.25, 0.3) is 6.08 Å². The molecule has 3 rings (SSSR count). The van der Waals surface area contributed by atoms with Gasteiger partial charge in [-0.15, -0.1) is 0 Å². The fourth-order valence-electron chi connectivity index (χ4n) is 2.55. The lowest BCUT2D eigenvalue weighted by Gasteiger charge is -2.14. The fourth-order valence-corrected chi connectivity index (χ4v) is 2.55. The molecule has 0 unspecified atom stereocenters. The number of hydrogen-bond donors (Lipinski definition) is 0. The van der Waals surface area contributed by atoms with Crippen molar-refractivity contribution in [3.05, 3.63) is 59.4 Å². The number of ether oxygens (including phenoxy) is 3. The van der Waals surface area contributed by atoms with Crippen LogP contribution in [0.1, 0.15) is 11.1 Å². The van der Waals surface area contributed by atoms with Gasteiger partial charge in [-0.3, -0.25) is 4.90 Å². The highest BCUT2D eigenvalue weighted by Crippen LogP contribution is 2.32. The van der Waals surface area contributed by atoms with E-state index in [-0.39, 0.29) is 12.6 Å². The molecule has 2 aromatic rings. The summed E-state index contributed by atoms with van der Waals surface area (Å²) < 4.78 is 29.6. The second kappa shape index (κ2) is 7.36. The minimum atomic E-state index is -0.288. The Bertz CT molecular complexity index is 745. The molecule has 2 aromatic carbocycles. The quantitative estimate of drug-likeness (QED) is 0.808. The van der Waals surface area contributed by atoms with Crippen LogP contribution in [0, 0.1) is 5.82 Å². The maximum Gasteiger partial charge on any atom is 0.231 e. The molecule has 0 radical (unpaired) electrons. The Labute approximate surface area is 141 Å². The molecule has 0 spiro atoms. The molecular weight excluding hydrogens is 309 g/mol. The summed E-state index contributed by atoms with van der Waals surface area (Å²) in [6.07, 6.45) is 3.72. The molecule has 5 heteroatoms. The van der Waals surface area contributed by atoms with Gasteiger partial charge < -0.3 is 14.2 Å². The molecule has 0 bridgehead atoms. The summed E-state index contributed by atoms with van der Waals surface area (Å²) in [5.74, 6) is 1.81. The third-order valence-electron chi connectivity index (χ3n) is 3.81. The first-order valence-electron chi connectivity index (χ1n) is 7.73. The van der Waals surface area contributed by atoms with Gasteiger partial charge in [0.15, 0.2) is 11.5 Å². The van der Waals surface area contributed by atoms with Gasteiger partial charge >= 0.3 is 0 Å². The Morgan fingerprint density at radius 1 is 1.17 bits per heavy atom. The van der Waals surface area contributed by atoms with Crippen molar-refractivity contribution in [3.63, 3.8) is 0 Å². The van der Waals surface area contributed by atoms with Crippen LogP contribution >= 0.6 is 0 Å². The van der Waals surface area contributed by atoms with E-state index in [9.17, 15) is 4.39 Å². The molecule has 0 aliphatic carbocycles. The SMILES string of the molecule is COc1ccc(/C=C/CN(C)Cc2ccc3c(c2)OCO3)c(F)c1. The van der Waals surface area contributed by atoms with E-state index in [4.69, 9.17) is 14.2 Å². The van der Waals surface area contributed by atoms with Crippen molar-refractivity contribution in [2.24, 2.45) is 0 Å². The minimum absolute atomic E-state index is 0.283. The number of hydrogen-bond acceptors (Lipinski definition) is 4. The Morgan fingerprint density at radius 2 is 2.00 bits per heavy atom. The Balaban J connectivity index is 1.56. The molecular formula is C19H20FNO3. The van der Waals surface area contributed by atoms with Crippen LogP contribution in [0.15, 0.2) is 42.5 Å². The topological polar surface area (TPSA) is 30.9 Å². The molecule has 0 amide bonds. The average Bonchev–Trinajstić information content (AvgIpc) is 3.04. The molecule has 0 atom stereocenters. The number of nitrogens with zero attached hydrogens (tertiary/aromatic N) is 1. The van der Waals surface area contributed by atoms with Gasteiger partial charge in [0.1, 0.15) is 11.6 Å². The summed E-state index contributed by atoms with van der Waals surface area (Å²) in [6, 6.07) is 10.8. The molecule has 0 N–H and O–H groups in total. The molecule has 4 nitrogen and oxygen atoms in total. The second-order valence-electron chi connectivity index (χ2n) is 5.67. The van der Waals surface area contributed by atoms with Crippen molar-refractivity contribution < 1.29 is 18.6 Å². The molecule has 0 saturated carbocycles. The van der Waals surface area contributed by atoms with Crippen LogP contribution in [-0.2, 0) is 6.54 Å². The zero-order valence-electron chi connectivity index (χ0n) is 13.8. The number of likely N-dealkylation sites (N-methyl/N-ethyl adjacent to an activating group) is 1. The lowest BCUT2D eigenvalue weighted by molar-refractivity contribution is 0.174. The summed E-state index contributed by atoms with van der Waals surface area (Å²) >= 11 is 0. The highest BCUT2D eigenvalue weighted by Gasteiger charge is 2.13. The summed E-state index contributed by atoms with van der Waals surface area (Å²) in [6.45, 7) is 1.76. The van der Waals surface area contributed by atoms with Crippen molar-refractivity contribution in [2.75, 3.05) is 27.5 Å². The molecule has 1 aliphatic rings. The average molecular weight is 329 g/mol. The monoisotopic (exact) mass is 329 g/mol. The van der Waals surface area contributed by atoms with E-state index in [0.29, 0.717) is 17.9 Å². The molecule has 1 heterocycles. The molecule has 0 fully saturated rings. The first-order valence-corrected chi connectivity index (χ1v) is 7.73. The molecule has 24 heavy (non-hydrogen) atoms. The number of benzene rings is 2. The predicted molar refractivity (Wildman–Crippen MR) is 90.9 cm³/mol. The second-order valence-corrected chi connectivity index (χ2v) is 5.67. The highest BCUT2D eigenvalue weighted by molar-refractivity contribution is 5.51. The van der Waals surface area contributed by atoms with Crippen molar-refractivity contribution >= 4 is 6.08 Å². The lowest BCUT2D eigenvalue weighted by atomic mass is 10.1. The number of fused-ring (bicyclic) bond motifs is 1. The van der Waals surface area contributed by atoms with Crippen molar-refractivity contribution in [3.8, 4) is 17.2 Å².